The number of rotatable bonds is 6. The second kappa shape index (κ2) is 8.83. The van der Waals surface area contributed by atoms with Gasteiger partial charge in [0.15, 0.2) is 5.82 Å². The standard InChI is InChI=1S/C27H20N6O2/c34-27-23(15-20-8-2-4-11-25(20)29-27)26-30-31-32-33(26)16-18-6-5-9-22(14-18)35-17-21-13-12-19-7-1-3-10-24(19)28-21/h1-15H,16-17H2,(H,29,34). The van der Waals surface area contributed by atoms with E-state index in [1.165, 1.54) is 0 Å². The molecule has 3 heterocycles. The Balaban J connectivity index is 1.22. The van der Waals surface area contributed by atoms with E-state index < -0.39 is 0 Å². The molecule has 1 N–H and O–H groups in total. The first-order valence-corrected chi connectivity index (χ1v) is 11.2. The minimum Gasteiger partial charge on any atom is -0.487 e. The van der Waals surface area contributed by atoms with E-state index in [0.29, 0.717) is 24.5 Å². The lowest BCUT2D eigenvalue weighted by atomic mass is 10.1. The predicted molar refractivity (Wildman–Crippen MR) is 133 cm³/mol. The number of aromatic nitrogens is 6. The smallest absolute Gasteiger partial charge is 0.259 e. The molecule has 0 amide bonds. The second-order valence-electron chi connectivity index (χ2n) is 8.19. The van der Waals surface area contributed by atoms with Gasteiger partial charge in [0.05, 0.1) is 23.3 Å². The zero-order chi connectivity index (χ0) is 23.6. The van der Waals surface area contributed by atoms with Gasteiger partial charge in [0.2, 0.25) is 0 Å². The first-order valence-electron chi connectivity index (χ1n) is 11.2. The highest BCUT2D eigenvalue weighted by Gasteiger charge is 2.14. The third kappa shape index (κ3) is 4.24. The zero-order valence-corrected chi connectivity index (χ0v) is 18.6. The maximum absolute atomic E-state index is 12.7. The summed E-state index contributed by atoms with van der Waals surface area (Å²) < 4.78 is 7.62. The normalized spacial score (nSPS) is 11.2. The van der Waals surface area contributed by atoms with E-state index in [9.17, 15) is 4.79 Å². The van der Waals surface area contributed by atoms with Gasteiger partial charge in [0.1, 0.15) is 12.4 Å². The molecule has 3 aromatic carbocycles. The van der Waals surface area contributed by atoms with E-state index in [1.807, 2.05) is 91.0 Å². The monoisotopic (exact) mass is 460 g/mol. The number of ether oxygens (including phenoxy) is 1. The van der Waals surface area contributed by atoms with Crippen molar-refractivity contribution in [3.63, 3.8) is 0 Å². The molecule has 0 spiro atoms. The molecular weight excluding hydrogens is 440 g/mol. The molecule has 0 atom stereocenters. The summed E-state index contributed by atoms with van der Waals surface area (Å²) in [5.41, 5.74) is 3.69. The summed E-state index contributed by atoms with van der Waals surface area (Å²) in [5, 5.41) is 14.0. The Morgan fingerprint density at radius 1 is 0.857 bits per heavy atom. The van der Waals surface area contributed by atoms with Crippen molar-refractivity contribution in [1.29, 1.82) is 0 Å². The lowest BCUT2D eigenvalue weighted by Gasteiger charge is -2.09. The molecule has 8 nitrogen and oxygen atoms in total. The first kappa shape index (κ1) is 20.7. The van der Waals surface area contributed by atoms with E-state index in [4.69, 9.17) is 4.74 Å². The molecule has 6 rings (SSSR count). The van der Waals surface area contributed by atoms with Crippen LogP contribution in [0, 0.1) is 0 Å². The fourth-order valence-electron chi connectivity index (χ4n) is 4.07. The molecule has 0 saturated heterocycles. The molecule has 0 unspecified atom stereocenters. The number of tetrazole rings is 1. The van der Waals surface area contributed by atoms with Crippen LogP contribution in [0.2, 0.25) is 0 Å². The summed E-state index contributed by atoms with van der Waals surface area (Å²) in [5.74, 6) is 1.12. The Morgan fingerprint density at radius 3 is 2.66 bits per heavy atom. The lowest BCUT2D eigenvalue weighted by molar-refractivity contribution is 0.301. The quantitative estimate of drug-likeness (QED) is 0.397. The molecule has 0 radical (unpaired) electrons. The highest BCUT2D eigenvalue weighted by Crippen LogP contribution is 2.20. The summed E-state index contributed by atoms with van der Waals surface area (Å²) in [6.07, 6.45) is 0. The molecule has 0 aliphatic carbocycles. The number of pyridine rings is 2. The molecule has 35 heavy (non-hydrogen) atoms. The van der Waals surface area contributed by atoms with Crippen molar-refractivity contribution < 1.29 is 4.74 Å². The van der Waals surface area contributed by atoms with Crippen LogP contribution in [0.25, 0.3) is 33.2 Å². The van der Waals surface area contributed by atoms with Crippen molar-refractivity contribution in [2.75, 3.05) is 0 Å². The number of para-hydroxylation sites is 2. The van der Waals surface area contributed by atoms with Gasteiger partial charge in [-0.3, -0.25) is 4.79 Å². The summed E-state index contributed by atoms with van der Waals surface area (Å²) in [7, 11) is 0. The van der Waals surface area contributed by atoms with Crippen LogP contribution in [-0.2, 0) is 13.2 Å². The Morgan fingerprint density at radius 2 is 1.71 bits per heavy atom. The molecule has 0 saturated carbocycles. The highest BCUT2D eigenvalue weighted by atomic mass is 16.5. The van der Waals surface area contributed by atoms with Crippen LogP contribution in [0.15, 0.2) is 95.8 Å². The molecular formula is C27H20N6O2. The van der Waals surface area contributed by atoms with Crippen LogP contribution in [-0.4, -0.2) is 30.2 Å². The molecule has 3 aromatic heterocycles. The van der Waals surface area contributed by atoms with Crippen LogP contribution >= 0.6 is 0 Å². The predicted octanol–water partition coefficient (Wildman–Crippen LogP) is 4.36. The van der Waals surface area contributed by atoms with E-state index in [2.05, 4.69) is 25.5 Å². The molecule has 6 aromatic rings. The third-order valence-electron chi connectivity index (χ3n) is 5.80. The molecule has 170 valence electrons. The van der Waals surface area contributed by atoms with Gasteiger partial charge >= 0.3 is 0 Å². The van der Waals surface area contributed by atoms with Gasteiger partial charge in [0, 0.05) is 10.9 Å². The van der Waals surface area contributed by atoms with Crippen molar-refractivity contribution in [2.45, 2.75) is 13.2 Å². The van der Waals surface area contributed by atoms with Gasteiger partial charge in [-0.15, -0.1) is 5.10 Å². The van der Waals surface area contributed by atoms with Gasteiger partial charge in [0.25, 0.3) is 5.56 Å². The third-order valence-corrected chi connectivity index (χ3v) is 5.80. The van der Waals surface area contributed by atoms with Crippen LogP contribution in [0.1, 0.15) is 11.3 Å². The minimum atomic E-state index is -0.236. The fourth-order valence-corrected chi connectivity index (χ4v) is 4.07. The van der Waals surface area contributed by atoms with Crippen molar-refractivity contribution in [2.24, 2.45) is 0 Å². The average Bonchev–Trinajstić information content (AvgIpc) is 3.35. The molecule has 0 fully saturated rings. The molecule has 0 aliphatic rings. The first-order chi connectivity index (χ1) is 17.2. The van der Waals surface area contributed by atoms with Crippen molar-refractivity contribution in [3.8, 4) is 17.1 Å². The van der Waals surface area contributed by atoms with Gasteiger partial charge in [-0.1, -0.05) is 54.6 Å². The zero-order valence-electron chi connectivity index (χ0n) is 18.6. The molecule has 0 aliphatic heterocycles. The topological polar surface area (TPSA) is 98.6 Å². The van der Waals surface area contributed by atoms with E-state index >= 15 is 0 Å². The Bertz CT molecular complexity index is 1720. The number of H-pyrrole nitrogens is 1. The van der Waals surface area contributed by atoms with Crippen LogP contribution in [0.4, 0.5) is 0 Å². The number of fused-ring (bicyclic) bond motifs is 2. The number of aromatic amines is 1. The number of nitrogens with one attached hydrogen (secondary N) is 1. The summed E-state index contributed by atoms with van der Waals surface area (Å²) >= 11 is 0. The van der Waals surface area contributed by atoms with Crippen LogP contribution in [0.3, 0.4) is 0 Å². The number of nitrogens with zero attached hydrogens (tertiary/aromatic N) is 5. The van der Waals surface area contributed by atoms with Crippen molar-refractivity contribution >= 4 is 21.8 Å². The Labute approximate surface area is 199 Å². The molecule has 8 heteroatoms. The maximum atomic E-state index is 12.7. The van der Waals surface area contributed by atoms with E-state index in [0.717, 1.165) is 38.8 Å². The number of hydrogen-bond donors (Lipinski definition) is 1. The van der Waals surface area contributed by atoms with Gasteiger partial charge in [-0.25, -0.2) is 9.67 Å². The van der Waals surface area contributed by atoms with Crippen molar-refractivity contribution in [3.05, 3.63) is 113 Å². The fraction of sp³-hybridized carbons (Fsp3) is 0.0741. The maximum Gasteiger partial charge on any atom is 0.259 e. The number of hydrogen-bond acceptors (Lipinski definition) is 6. The summed E-state index contributed by atoms with van der Waals surface area (Å²) in [6.45, 7) is 0.747. The average molecular weight is 460 g/mol. The van der Waals surface area contributed by atoms with Crippen molar-refractivity contribution in [1.82, 2.24) is 30.2 Å². The largest absolute Gasteiger partial charge is 0.487 e. The second-order valence-corrected chi connectivity index (χ2v) is 8.19. The van der Waals surface area contributed by atoms with Gasteiger partial charge in [-0.05, 0) is 57.8 Å². The Kier molecular flexibility index (Phi) is 5.23. The SMILES string of the molecule is O=c1[nH]c2ccccc2cc1-c1nnnn1Cc1cccc(OCc2ccc3ccccc3n2)c1. The van der Waals surface area contributed by atoms with Crippen LogP contribution in [0.5, 0.6) is 5.75 Å². The lowest BCUT2D eigenvalue weighted by Crippen LogP contribution is -2.13. The van der Waals surface area contributed by atoms with Gasteiger partial charge < -0.3 is 9.72 Å². The summed E-state index contributed by atoms with van der Waals surface area (Å²) in [4.78, 5) is 20.3. The van der Waals surface area contributed by atoms with Gasteiger partial charge in [-0.2, -0.15) is 0 Å². The summed E-state index contributed by atoms with van der Waals surface area (Å²) in [6, 6.07) is 29.2. The minimum absolute atomic E-state index is 0.236. The van der Waals surface area contributed by atoms with E-state index in [-0.39, 0.29) is 5.56 Å². The van der Waals surface area contributed by atoms with Crippen LogP contribution < -0.4 is 10.3 Å². The highest BCUT2D eigenvalue weighted by molar-refractivity contribution is 5.82. The molecule has 0 bridgehead atoms. The number of benzene rings is 3. The Hall–Kier alpha value is -4.85. The van der Waals surface area contributed by atoms with E-state index in [1.54, 1.807) is 4.68 Å².